The Hall–Kier alpha value is -2.63. The van der Waals surface area contributed by atoms with E-state index < -0.39 is 0 Å². The van der Waals surface area contributed by atoms with E-state index >= 15 is 0 Å². The maximum atomic E-state index is 10.8. The highest BCUT2D eigenvalue weighted by Crippen LogP contribution is 2.41. The van der Waals surface area contributed by atoms with Gasteiger partial charge in [0.15, 0.2) is 0 Å². The Morgan fingerprint density at radius 3 is 2.52 bits per heavy atom. The molecule has 4 aromatic rings. The van der Waals surface area contributed by atoms with Gasteiger partial charge in [0.1, 0.15) is 11.7 Å². The van der Waals surface area contributed by atoms with E-state index in [4.69, 9.17) is 11.6 Å². The molecule has 0 saturated carbocycles. The van der Waals surface area contributed by atoms with Crippen LogP contribution in [0.1, 0.15) is 18.5 Å². The third-order valence-corrected chi connectivity index (χ3v) is 5.78. The Kier molecular flexibility index (Phi) is 4.97. The fourth-order valence-corrected chi connectivity index (χ4v) is 4.10. The van der Waals surface area contributed by atoms with Crippen LogP contribution >= 0.6 is 23.4 Å². The van der Waals surface area contributed by atoms with Crippen LogP contribution in [0.25, 0.3) is 22.3 Å². The summed E-state index contributed by atoms with van der Waals surface area (Å²) in [5, 5.41) is 4.88. The van der Waals surface area contributed by atoms with Crippen LogP contribution in [0.5, 0.6) is 0 Å². The first kappa shape index (κ1) is 17.8. The van der Waals surface area contributed by atoms with Gasteiger partial charge in [-0.25, -0.2) is 4.98 Å². The van der Waals surface area contributed by atoms with Crippen molar-refractivity contribution >= 4 is 34.4 Å². The van der Waals surface area contributed by atoms with Crippen LogP contribution in [0.4, 0.5) is 0 Å². The molecule has 0 saturated heterocycles. The van der Waals surface area contributed by atoms with Crippen molar-refractivity contribution in [3.05, 3.63) is 82.4 Å². The minimum absolute atomic E-state index is 0.355. The molecule has 0 aliphatic rings. The van der Waals surface area contributed by atoms with Crippen LogP contribution in [0.15, 0.2) is 81.8 Å². The number of nitroso groups, excluding NO2 is 1. The summed E-state index contributed by atoms with van der Waals surface area (Å²) in [5.74, 6) is 0. The van der Waals surface area contributed by atoms with Crippen molar-refractivity contribution in [2.24, 2.45) is 5.18 Å². The van der Waals surface area contributed by atoms with Gasteiger partial charge in [0.05, 0.1) is 5.69 Å². The second-order valence-corrected chi connectivity index (χ2v) is 7.71. The highest BCUT2D eigenvalue weighted by atomic mass is 35.5. The van der Waals surface area contributed by atoms with Crippen LogP contribution in [0.2, 0.25) is 5.02 Å². The molecule has 0 fully saturated rings. The minimum atomic E-state index is -0.355. The van der Waals surface area contributed by atoms with E-state index in [0.29, 0.717) is 5.02 Å². The van der Waals surface area contributed by atoms with Crippen molar-refractivity contribution in [2.45, 2.75) is 22.8 Å². The smallest absolute Gasteiger partial charge is 0.138 e. The summed E-state index contributed by atoms with van der Waals surface area (Å²) in [7, 11) is 0. The van der Waals surface area contributed by atoms with E-state index in [2.05, 4.69) is 21.2 Å². The van der Waals surface area contributed by atoms with Crippen molar-refractivity contribution in [2.75, 3.05) is 0 Å². The molecule has 4 rings (SSSR count). The van der Waals surface area contributed by atoms with Gasteiger partial charge in [-0.05, 0) is 54.4 Å². The summed E-state index contributed by atoms with van der Waals surface area (Å²) < 4.78 is 0. The molecule has 6 heteroatoms. The number of hydrogen-bond acceptors (Lipinski definition) is 4. The number of aromatic nitrogens is 2. The van der Waals surface area contributed by atoms with Crippen molar-refractivity contribution in [1.29, 1.82) is 0 Å². The van der Waals surface area contributed by atoms with Gasteiger partial charge in [-0.2, -0.15) is 4.91 Å². The zero-order valence-electron chi connectivity index (χ0n) is 14.5. The van der Waals surface area contributed by atoms with Gasteiger partial charge >= 0.3 is 0 Å². The number of benzene rings is 2. The summed E-state index contributed by atoms with van der Waals surface area (Å²) >= 11 is 7.68. The molecule has 0 spiro atoms. The molecule has 1 unspecified atom stereocenters. The summed E-state index contributed by atoms with van der Waals surface area (Å²) in [6, 6.07) is 19.3. The predicted molar refractivity (Wildman–Crippen MR) is 111 cm³/mol. The van der Waals surface area contributed by atoms with Gasteiger partial charge in [0.2, 0.25) is 0 Å². The predicted octanol–water partition coefficient (Wildman–Crippen LogP) is 6.86. The monoisotopic (exact) mass is 393 g/mol. The zero-order valence-corrected chi connectivity index (χ0v) is 16.1. The molecule has 0 aliphatic carbocycles. The lowest BCUT2D eigenvalue weighted by molar-refractivity contribution is 0.812. The quantitative estimate of drug-likeness (QED) is 0.376. The molecule has 2 heterocycles. The van der Waals surface area contributed by atoms with Crippen LogP contribution < -0.4 is 0 Å². The highest BCUT2D eigenvalue weighted by molar-refractivity contribution is 7.99. The molecule has 1 atom stereocenters. The average molecular weight is 394 g/mol. The summed E-state index contributed by atoms with van der Waals surface area (Å²) in [6.07, 6.45) is 1.78. The number of halogens is 1. The Morgan fingerprint density at radius 1 is 1.07 bits per heavy atom. The first-order valence-corrected chi connectivity index (χ1v) is 9.68. The molecule has 2 aromatic carbocycles. The van der Waals surface area contributed by atoms with Gasteiger partial charge in [-0.15, -0.1) is 0 Å². The summed E-state index contributed by atoms with van der Waals surface area (Å²) in [4.78, 5) is 20.9. The van der Waals surface area contributed by atoms with Crippen LogP contribution in [0, 0.1) is 4.91 Å². The number of nitrogens with zero attached hydrogens (tertiary/aromatic N) is 2. The average Bonchev–Trinajstić information content (AvgIpc) is 3.08. The highest BCUT2D eigenvalue weighted by Gasteiger charge is 2.16. The molecule has 134 valence electrons. The maximum absolute atomic E-state index is 10.8. The Labute approximate surface area is 166 Å². The van der Waals surface area contributed by atoms with Crippen LogP contribution in [0.3, 0.4) is 0 Å². The van der Waals surface area contributed by atoms with Crippen molar-refractivity contribution < 1.29 is 0 Å². The SMILES string of the molecule is CC(N=O)c1ccc(-c2[nH]c3ncccc3c2Sc2ccc(Cl)cc2)cc1. The second-order valence-electron chi connectivity index (χ2n) is 6.19. The van der Waals surface area contributed by atoms with Gasteiger partial charge < -0.3 is 4.98 Å². The van der Waals surface area contributed by atoms with Gasteiger partial charge in [-0.3, -0.25) is 0 Å². The lowest BCUT2D eigenvalue weighted by atomic mass is 10.1. The van der Waals surface area contributed by atoms with E-state index in [-0.39, 0.29) is 6.04 Å². The third-order valence-electron chi connectivity index (χ3n) is 4.40. The van der Waals surface area contributed by atoms with Gasteiger partial charge in [0.25, 0.3) is 0 Å². The van der Waals surface area contributed by atoms with Crippen molar-refractivity contribution in [3.63, 3.8) is 0 Å². The number of hydrogen-bond donors (Lipinski definition) is 1. The van der Waals surface area contributed by atoms with Crippen LogP contribution in [-0.4, -0.2) is 9.97 Å². The largest absolute Gasteiger partial charge is 0.338 e. The number of nitrogens with one attached hydrogen (secondary N) is 1. The maximum Gasteiger partial charge on any atom is 0.138 e. The first-order chi connectivity index (χ1) is 13.2. The normalized spacial score (nSPS) is 12.2. The fraction of sp³-hybridized carbons (Fsp3) is 0.0952. The van der Waals surface area contributed by atoms with E-state index in [9.17, 15) is 4.91 Å². The molecular weight excluding hydrogens is 378 g/mol. The zero-order chi connectivity index (χ0) is 18.8. The molecular formula is C21H16ClN3OS. The molecule has 2 aromatic heterocycles. The number of H-pyrrole nitrogens is 1. The number of rotatable bonds is 5. The topological polar surface area (TPSA) is 58.1 Å². The van der Waals surface area contributed by atoms with Crippen LogP contribution in [-0.2, 0) is 0 Å². The molecule has 27 heavy (non-hydrogen) atoms. The summed E-state index contributed by atoms with van der Waals surface area (Å²) in [6.45, 7) is 1.79. The first-order valence-electron chi connectivity index (χ1n) is 8.48. The fourth-order valence-electron chi connectivity index (χ4n) is 2.92. The Bertz CT molecular complexity index is 1090. The van der Waals surface area contributed by atoms with Crippen molar-refractivity contribution in [1.82, 2.24) is 9.97 Å². The molecule has 0 bridgehead atoms. The Balaban J connectivity index is 1.80. The van der Waals surface area contributed by atoms with E-state index in [1.165, 1.54) is 0 Å². The number of fused-ring (bicyclic) bond motifs is 1. The molecule has 0 aliphatic heterocycles. The molecule has 1 N–H and O–H groups in total. The second kappa shape index (κ2) is 7.55. The van der Waals surface area contributed by atoms with E-state index in [1.54, 1.807) is 24.9 Å². The van der Waals surface area contributed by atoms with Gasteiger partial charge in [-0.1, -0.05) is 52.8 Å². The van der Waals surface area contributed by atoms with Gasteiger partial charge in [0, 0.05) is 26.4 Å². The molecule has 0 amide bonds. The van der Waals surface area contributed by atoms with Crippen molar-refractivity contribution in [3.8, 4) is 11.3 Å². The molecule has 4 nitrogen and oxygen atoms in total. The van der Waals surface area contributed by atoms with E-state index in [1.807, 2.05) is 54.6 Å². The summed E-state index contributed by atoms with van der Waals surface area (Å²) in [5.41, 5.74) is 3.78. The lowest BCUT2D eigenvalue weighted by Crippen LogP contribution is -1.88. The van der Waals surface area contributed by atoms with E-state index in [0.717, 1.165) is 37.6 Å². The Morgan fingerprint density at radius 2 is 1.81 bits per heavy atom. The third kappa shape index (κ3) is 3.61. The standard InChI is InChI=1S/C21H16ClN3OS/c1-13(25-26)14-4-6-15(7-5-14)19-20(18-3-2-12-23-21(18)24-19)27-17-10-8-16(22)9-11-17/h2-13H,1H3,(H,23,24). The number of aromatic amines is 1. The molecule has 0 radical (unpaired) electrons. The lowest BCUT2D eigenvalue weighted by Gasteiger charge is -2.07. The number of pyridine rings is 1. The minimum Gasteiger partial charge on any atom is -0.338 e.